The van der Waals surface area contributed by atoms with E-state index in [1.165, 1.54) is 12.0 Å². The normalized spacial score (nSPS) is 19.5. The Balaban J connectivity index is 2.40. The topological polar surface area (TPSA) is 55.8 Å². The van der Waals surface area contributed by atoms with Crippen molar-refractivity contribution in [3.8, 4) is 5.75 Å². The number of likely N-dealkylation sites (tertiary alicyclic amines) is 1. The van der Waals surface area contributed by atoms with Gasteiger partial charge in [0.05, 0.1) is 20.3 Å². The molecule has 1 aromatic rings. The number of nitrogens with zero attached hydrogens (tertiary/aromatic N) is 1. The van der Waals surface area contributed by atoms with Crippen molar-refractivity contribution >= 4 is 23.5 Å². The highest BCUT2D eigenvalue weighted by atomic mass is 35.5. The standard InChI is InChI=1S/C15H18ClNO4/c1-9(14-10(16)5-4-6-12(14)20-2)17-11(15(19)21-3)7-8-13(17)18/h4-6,9,11H,7-8H2,1-3H3. The highest BCUT2D eigenvalue weighted by molar-refractivity contribution is 6.31. The maximum atomic E-state index is 12.2. The number of ether oxygens (including phenoxy) is 2. The van der Waals surface area contributed by atoms with Crippen LogP contribution >= 0.6 is 11.6 Å². The number of rotatable bonds is 4. The number of carbonyl (C=O) groups excluding carboxylic acids is 2. The fraction of sp³-hybridized carbons (Fsp3) is 0.467. The number of carbonyl (C=O) groups is 2. The van der Waals surface area contributed by atoms with Gasteiger partial charge in [-0.25, -0.2) is 4.79 Å². The van der Waals surface area contributed by atoms with Gasteiger partial charge in [-0.3, -0.25) is 4.79 Å². The number of esters is 1. The van der Waals surface area contributed by atoms with E-state index >= 15 is 0 Å². The van der Waals surface area contributed by atoms with Crippen molar-refractivity contribution in [1.29, 1.82) is 0 Å². The van der Waals surface area contributed by atoms with Crippen molar-refractivity contribution in [2.45, 2.75) is 31.8 Å². The number of halogens is 1. The smallest absolute Gasteiger partial charge is 0.328 e. The van der Waals surface area contributed by atoms with Crippen molar-refractivity contribution in [1.82, 2.24) is 4.90 Å². The summed E-state index contributed by atoms with van der Waals surface area (Å²) < 4.78 is 10.1. The Morgan fingerprint density at radius 2 is 2.14 bits per heavy atom. The van der Waals surface area contributed by atoms with Gasteiger partial charge in [0.2, 0.25) is 5.91 Å². The van der Waals surface area contributed by atoms with Gasteiger partial charge in [-0.05, 0) is 25.5 Å². The Hall–Kier alpha value is -1.75. The SMILES string of the molecule is COC(=O)C1CCC(=O)N1C(C)c1c(Cl)cccc1OC. The highest BCUT2D eigenvalue weighted by Crippen LogP contribution is 2.38. The molecular formula is C15H18ClNO4. The zero-order valence-corrected chi connectivity index (χ0v) is 13.0. The van der Waals surface area contributed by atoms with Gasteiger partial charge in [-0.15, -0.1) is 0 Å². The third kappa shape index (κ3) is 2.83. The maximum absolute atomic E-state index is 12.2. The van der Waals surface area contributed by atoms with Crippen molar-refractivity contribution in [2.24, 2.45) is 0 Å². The van der Waals surface area contributed by atoms with Crippen LogP contribution in [0.15, 0.2) is 18.2 Å². The lowest BCUT2D eigenvalue weighted by molar-refractivity contribution is -0.150. The first-order chi connectivity index (χ1) is 10.0. The van der Waals surface area contributed by atoms with E-state index in [-0.39, 0.29) is 11.9 Å². The Kier molecular flexibility index (Phi) is 4.73. The Bertz CT molecular complexity index is 561. The molecule has 1 amide bonds. The van der Waals surface area contributed by atoms with Crippen LogP contribution in [-0.4, -0.2) is 37.0 Å². The Labute approximate surface area is 128 Å². The van der Waals surface area contributed by atoms with Crippen LogP contribution in [0, 0.1) is 0 Å². The molecule has 1 aliphatic rings. The van der Waals surface area contributed by atoms with E-state index in [4.69, 9.17) is 21.1 Å². The summed E-state index contributed by atoms with van der Waals surface area (Å²) in [5, 5.41) is 0.505. The summed E-state index contributed by atoms with van der Waals surface area (Å²) in [6.45, 7) is 1.84. The lowest BCUT2D eigenvalue weighted by atomic mass is 10.0. The van der Waals surface area contributed by atoms with Crippen molar-refractivity contribution < 1.29 is 19.1 Å². The van der Waals surface area contributed by atoms with E-state index in [0.717, 1.165) is 0 Å². The molecule has 6 heteroatoms. The minimum atomic E-state index is -0.571. The van der Waals surface area contributed by atoms with E-state index in [1.54, 1.807) is 25.3 Å². The van der Waals surface area contributed by atoms with Crippen LogP contribution in [0.2, 0.25) is 5.02 Å². The summed E-state index contributed by atoms with van der Waals surface area (Å²) in [5.41, 5.74) is 0.700. The minimum Gasteiger partial charge on any atom is -0.496 e. The second-order valence-electron chi connectivity index (χ2n) is 4.91. The molecule has 1 saturated heterocycles. The summed E-state index contributed by atoms with van der Waals surface area (Å²) in [6.07, 6.45) is 0.791. The van der Waals surface area contributed by atoms with Gasteiger partial charge in [0.1, 0.15) is 11.8 Å². The Morgan fingerprint density at radius 1 is 1.43 bits per heavy atom. The second kappa shape index (κ2) is 6.35. The molecule has 2 atom stereocenters. The average molecular weight is 312 g/mol. The first kappa shape index (κ1) is 15.6. The first-order valence-corrected chi connectivity index (χ1v) is 7.10. The van der Waals surface area contributed by atoms with E-state index in [0.29, 0.717) is 29.2 Å². The number of hydrogen-bond donors (Lipinski definition) is 0. The van der Waals surface area contributed by atoms with Crippen LogP contribution in [-0.2, 0) is 14.3 Å². The second-order valence-corrected chi connectivity index (χ2v) is 5.32. The molecular weight excluding hydrogens is 294 g/mol. The molecule has 21 heavy (non-hydrogen) atoms. The molecule has 1 fully saturated rings. The van der Waals surface area contributed by atoms with Crippen LogP contribution in [0.25, 0.3) is 0 Å². The number of methoxy groups -OCH3 is 2. The zero-order valence-electron chi connectivity index (χ0n) is 12.3. The first-order valence-electron chi connectivity index (χ1n) is 6.72. The van der Waals surface area contributed by atoms with E-state index < -0.39 is 12.0 Å². The summed E-state index contributed by atoms with van der Waals surface area (Å²) in [7, 11) is 2.87. The molecule has 2 rings (SSSR count). The van der Waals surface area contributed by atoms with Crippen molar-refractivity contribution in [3.63, 3.8) is 0 Å². The van der Waals surface area contributed by atoms with Crippen molar-refractivity contribution in [3.05, 3.63) is 28.8 Å². The van der Waals surface area contributed by atoms with E-state index in [9.17, 15) is 9.59 Å². The van der Waals surface area contributed by atoms with Crippen LogP contribution in [0.4, 0.5) is 0 Å². The summed E-state index contributed by atoms with van der Waals surface area (Å²) in [6, 6.07) is 4.36. The molecule has 1 aromatic carbocycles. The molecule has 5 nitrogen and oxygen atoms in total. The number of amides is 1. The lowest BCUT2D eigenvalue weighted by Gasteiger charge is -2.31. The number of hydrogen-bond acceptors (Lipinski definition) is 4. The van der Waals surface area contributed by atoms with E-state index in [1.807, 2.05) is 6.92 Å². The van der Waals surface area contributed by atoms with Gasteiger partial charge in [-0.2, -0.15) is 0 Å². The summed E-state index contributed by atoms with van der Waals surface area (Å²) in [5.74, 6) is 0.108. The Morgan fingerprint density at radius 3 is 2.76 bits per heavy atom. The fourth-order valence-electron chi connectivity index (χ4n) is 2.80. The van der Waals surface area contributed by atoms with Gasteiger partial charge in [0.25, 0.3) is 0 Å². The molecule has 0 bridgehead atoms. The molecule has 1 aliphatic heterocycles. The molecule has 0 aliphatic carbocycles. The van der Waals surface area contributed by atoms with Gasteiger partial charge in [0, 0.05) is 17.0 Å². The summed E-state index contributed by atoms with van der Waals surface area (Å²) >= 11 is 6.26. The van der Waals surface area contributed by atoms with Gasteiger partial charge >= 0.3 is 5.97 Å². The van der Waals surface area contributed by atoms with Gasteiger partial charge in [-0.1, -0.05) is 17.7 Å². The lowest BCUT2D eigenvalue weighted by Crippen LogP contribution is -2.41. The molecule has 0 spiro atoms. The van der Waals surface area contributed by atoms with Crippen LogP contribution in [0.3, 0.4) is 0 Å². The van der Waals surface area contributed by atoms with Crippen molar-refractivity contribution in [2.75, 3.05) is 14.2 Å². The van der Waals surface area contributed by atoms with Crippen LogP contribution in [0.5, 0.6) is 5.75 Å². The van der Waals surface area contributed by atoms with Crippen LogP contribution in [0.1, 0.15) is 31.4 Å². The quantitative estimate of drug-likeness (QED) is 0.802. The predicted octanol–water partition coefficient (Wildman–Crippen LogP) is 2.57. The predicted molar refractivity (Wildman–Crippen MR) is 78.3 cm³/mol. The molecule has 2 unspecified atom stereocenters. The highest BCUT2D eigenvalue weighted by Gasteiger charge is 2.41. The molecule has 0 saturated carbocycles. The third-order valence-electron chi connectivity index (χ3n) is 3.80. The van der Waals surface area contributed by atoms with E-state index in [2.05, 4.69) is 0 Å². The molecule has 0 radical (unpaired) electrons. The number of benzene rings is 1. The fourth-order valence-corrected chi connectivity index (χ4v) is 3.12. The molecule has 0 N–H and O–H groups in total. The molecule has 114 valence electrons. The molecule has 1 heterocycles. The zero-order chi connectivity index (χ0) is 15.6. The van der Waals surface area contributed by atoms with Crippen LogP contribution < -0.4 is 4.74 Å². The van der Waals surface area contributed by atoms with Gasteiger partial charge in [0.15, 0.2) is 0 Å². The molecule has 0 aromatic heterocycles. The minimum absolute atomic E-state index is 0.0835. The monoisotopic (exact) mass is 311 g/mol. The average Bonchev–Trinajstić information content (AvgIpc) is 2.87. The van der Waals surface area contributed by atoms with Gasteiger partial charge < -0.3 is 14.4 Å². The largest absolute Gasteiger partial charge is 0.496 e. The maximum Gasteiger partial charge on any atom is 0.328 e. The third-order valence-corrected chi connectivity index (χ3v) is 4.13. The summed E-state index contributed by atoms with van der Waals surface area (Å²) in [4.78, 5) is 25.6.